The second-order valence-corrected chi connectivity index (χ2v) is 7.58. The molecule has 0 bridgehead atoms. The first kappa shape index (κ1) is 23.1. The zero-order chi connectivity index (χ0) is 24.2. The SMILES string of the molecule is O=C1Nc2nccc(-c3cc(C(F)(F)F)cc(C4(C(F)F)CCNC4)n3)c2C(C(F)(F)F)O1. The van der Waals surface area contributed by atoms with Crippen molar-refractivity contribution in [1.82, 2.24) is 15.3 Å². The van der Waals surface area contributed by atoms with Crippen LogP contribution in [-0.2, 0) is 16.3 Å². The first-order chi connectivity index (χ1) is 15.3. The number of carbonyl (C=O) groups is 1. The summed E-state index contributed by atoms with van der Waals surface area (Å²) in [5.74, 6) is -0.585. The molecule has 2 aromatic rings. The molecule has 14 heteroatoms. The van der Waals surface area contributed by atoms with Gasteiger partial charge in [-0.25, -0.2) is 18.6 Å². The van der Waals surface area contributed by atoms with Crippen LogP contribution in [-0.4, -0.2) is 41.8 Å². The zero-order valence-electron chi connectivity index (χ0n) is 16.3. The molecule has 2 N–H and O–H groups in total. The van der Waals surface area contributed by atoms with Gasteiger partial charge in [-0.05, 0) is 31.2 Å². The molecule has 2 aliphatic heterocycles. The average molecular weight is 482 g/mol. The molecule has 4 rings (SSSR count). The maximum atomic E-state index is 14.0. The molecule has 2 aromatic heterocycles. The predicted molar refractivity (Wildman–Crippen MR) is 96.5 cm³/mol. The van der Waals surface area contributed by atoms with Crippen molar-refractivity contribution in [2.75, 3.05) is 18.4 Å². The minimum absolute atomic E-state index is 0.0955. The summed E-state index contributed by atoms with van der Waals surface area (Å²) in [4.78, 5) is 19.1. The van der Waals surface area contributed by atoms with Gasteiger partial charge in [-0.1, -0.05) is 0 Å². The maximum Gasteiger partial charge on any atom is 0.430 e. The van der Waals surface area contributed by atoms with Gasteiger partial charge in [0.05, 0.1) is 27.9 Å². The van der Waals surface area contributed by atoms with Crippen LogP contribution in [0.1, 0.15) is 29.3 Å². The van der Waals surface area contributed by atoms with Crippen LogP contribution < -0.4 is 10.6 Å². The van der Waals surface area contributed by atoms with Gasteiger partial charge in [-0.2, -0.15) is 26.3 Å². The van der Waals surface area contributed by atoms with Gasteiger partial charge in [0.1, 0.15) is 5.82 Å². The number of nitrogens with one attached hydrogen (secondary N) is 2. The van der Waals surface area contributed by atoms with Gasteiger partial charge in [0.2, 0.25) is 6.10 Å². The fourth-order valence-corrected chi connectivity index (χ4v) is 3.90. The number of ether oxygens (including phenoxy) is 1. The van der Waals surface area contributed by atoms with E-state index in [-0.39, 0.29) is 19.5 Å². The largest absolute Gasteiger partial charge is 0.431 e. The Bertz CT molecular complexity index is 1080. The Morgan fingerprint density at radius 2 is 1.88 bits per heavy atom. The van der Waals surface area contributed by atoms with Crippen molar-refractivity contribution < 1.29 is 44.7 Å². The Morgan fingerprint density at radius 1 is 1.15 bits per heavy atom. The summed E-state index contributed by atoms with van der Waals surface area (Å²) in [6.45, 7) is -0.268. The number of aromatic nitrogens is 2. The third kappa shape index (κ3) is 4.07. The van der Waals surface area contributed by atoms with Crippen molar-refractivity contribution >= 4 is 11.9 Å². The lowest BCUT2D eigenvalue weighted by atomic mass is 9.82. The van der Waals surface area contributed by atoms with Gasteiger partial charge in [-0.15, -0.1) is 0 Å². The summed E-state index contributed by atoms with van der Waals surface area (Å²) < 4.78 is 114. The average Bonchev–Trinajstić information content (AvgIpc) is 3.22. The van der Waals surface area contributed by atoms with Crippen molar-refractivity contribution in [3.63, 3.8) is 0 Å². The van der Waals surface area contributed by atoms with Crippen LogP contribution in [0.3, 0.4) is 0 Å². The smallest absolute Gasteiger partial charge is 0.430 e. The summed E-state index contributed by atoms with van der Waals surface area (Å²) in [5.41, 5.74) is -5.94. The predicted octanol–water partition coefficient (Wildman–Crippen LogP) is 4.82. The fourth-order valence-electron chi connectivity index (χ4n) is 3.90. The molecular weight excluding hydrogens is 468 g/mol. The first-order valence-electron chi connectivity index (χ1n) is 9.45. The standard InChI is InChI=1S/C19H14F8N4O2/c20-15(21)17(2-4-28-7-17)11-6-8(18(22,23)24)5-10(30-11)9-1-3-29-14-12(9)13(19(25,26)27)33-16(32)31-14/h1,3,5-6,13,15,28H,2,4,7H2,(H,29,31,32). The Kier molecular flexibility index (Phi) is 5.46. The van der Waals surface area contributed by atoms with Crippen molar-refractivity contribution in [3.8, 4) is 11.3 Å². The van der Waals surface area contributed by atoms with Crippen LogP contribution >= 0.6 is 0 Å². The van der Waals surface area contributed by atoms with Crippen LogP contribution in [0, 0.1) is 0 Å². The molecule has 4 heterocycles. The number of amides is 1. The van der Waals surface area contributed by atoms with Gasteiger partial charge < -0.3 is 10.1 Å². The fraction of sp³-hybridized carbons (Fsp3) is 0.421. The van der Waals surface area contributed by atoms with Crippen molar-refractivity contribution in [3.05, 3.63) is 41.2 Å². The summed E-state index contributed by atoms with van der Waals surface area (Å²) in [5, 5.41) is 4.62. The molecule has 0 aliphatic carbocycles. The molecular formula is C19H14F8N4O2. The number of hydrogen-bond donors (Lipinski definition) is 2. The number of fused-ring (bicyclic) bond motifs is 1. The lowest BCUT2D eigenvalue weighted by Gasteiger charge is -2.30. The van der Waals surface area contributed by atoms with Crippen LogP contribution in [0.25, 0.3) is 11.3 Å². The van der Waals surface area contributed by atoms with E-state index in [0.29, 0.717) is 12.1 Å². The number of nitrogens with zero attached hydrogens (tertiary/aromatic N) is 2. The maximum absolute atomic E-state index is 14.0. The van der Waals surface area contributed by atoms with Gasteiger partial charge >= 0.3 is 18.4 Å². The molecule has 178 valence electrons. The summed E-state index contributed by atoms with van der Waals surface area (Å²) in [6.07, 6.45) is -16.8. The van der Waals surface area contributed by atoms with E-state index in [1.807, 2.05) is 5.32 Å². The highest BCUT2D eigenvalue weighted by Crippen LogP contribution is 2.46. The van der Waals surface area contributed by atoms with E-state index in [1.54, 1.807) is 0 Å². The second-order valence-electron chi connectivity index (χ2n) is 7.58. The third-order valence-electron chi connectivity index (χ3n) is 5.54. The van der Waals surface area contributed by atoms with E-state index in [4.69, 9.17) is 0 Å². The normalized spacial score (nSPS) is 23.3. The molecule has 0 saturated carbocycles. The number of hydrogen-bond acceptors (Lipinski definition) is 5. The highest BCUT2D eigenvalue weighted by molar-refractivity contribution is 5.89. The molecule has 0 spiro atoms. The zero-order valence-corrected chi connectivity index (χ0v) is 16.3. The Hall–Kier alpha value is -3.03. The van der Waals surface area contributed by atoms with Crippen molar-refractivity contribution in [2.45, 2.75) is 36.7 Å². The molecule has 1 fully saturated rings. The highest BCUT2D eigenvalue weighted by Gasteiger charge is 2.50. The Balaban J connectivity index is 1.98. The van der Waals surface area contributed by atoms with E-state index >= 15 is 0 Å². The number of halogens is 8. The van der Waals surface area contributed by atoms with Crippen LogP contribution in [0.2, 0.25) is 0 Å². The summed E-state index contributed by atoms with van der Waals surface area (Å²) >= 11 is 0. The number of anilines is 1. The van der Waals surface area contributed by atoms with Gasteiger partial charge in [0, 0.05) is 18.3 Å². The first-order valence-corrected chi connectivity index (χ1v) is 9.45. The van der Waals surface area contributed by atoms with E-state index in [9.17, 15) is 39.9 Å². The lowest BCUT2D eigenvalue weighted by molar-refractivity contribution is -0.206. The lowest BCUT2D eigenvalue weighted by Crippen LogP contribution is -2.38. The summed E-state index contributed by atoms with van der Waals surface area (Å²) in [6, 6.07) is 1.90. The third-order valence-corrected chi connectivity index (χ3v) is 5.54. The van der Waals surface area contributed by atoms with E-state index in [2.05, 4.69) is 20.0 Å². The number of cyclic esters (lactones) is 1. The Labute approximate surface area is 180 Å². The van der Waals surface area contributed by atoms with E-state index in [0.717, 1.165) is 12.3 Å². The van der Waals surface area contributed by atoms with Crippen molar-refractivity contribution in [2.24, 2.45) is 0 Å². The van der Waals surface area contributed by atoms with Crippen LogP contribution in [0.4, 0.5) is 45.7 Å². The van der Waals surface area contributed by atoms with Crippen molar-refractivity contribution in [1.29, 1.82) is 0 Å². The highest BCUT2D eigenvalue weighted by atomic mass is 19.4. The number of alkyl halides is 8. The molecule has 33 heavy (non-hydrogen) atoms. The van der Waals surface area contributed by atoms with Crippen LogP contribution in [0.5, 0.6) is 0 Å². The van der Waals surface area contributed by atoms with E-state index in [1.165, 1.54) is 0 Å². The summed E-state index contributed by atoms with van der Waals surface area (Å²) in [7, 11) is 0. The molecule has 2 aliphatic rings. The molecule has 1 saturated heterocycles. The number of rotatable bonds is 3. The molecule has 2 unspecified atom stereocenters. The molecule has 1 amide bonds. The minimum atomic E-state index is -5.13. The molecule has 6 nitrogen and oxygen atoms in total. The molecule has 0 aromatic carbocycles. The Morgan fingerprint density at radius 3 is 2.45 bits per heavy atom. The quantitative estimate of drug-likeness (QED) is 0.614. The monoisotopic (exact) mass is 482 g/mol. The van der Waals surface area contributed by atoms with Gasteiger partial charge in [0.15, 0.2) is 0 Å². The topological polar surface area (TPSA) is 76.1 Å². The number of carbonyl (C=O) groups excluding carboxylic acids is 1. The van der Waals surface area contributed by atoms with Gasteiger partial charge in [0.25, 0.3) is 6.43 Å². The second kappa shape index (κ2) is 7.78. The minimum Gasteiger partial charge on any atom is -0.431 e. The molecule has 0 radical (unpaired) electrons. The van der Waals surface area contributed by atoms with Gasteiger partial charge in [-0.3, -0.25) is 10.3 Å². The molecule has 2 atom stereocenters. The van der Waals surface area contributed by atoms with Crippen LogP contribution in [0.15, 0.2) is 24.4 Å². The van der Waals surface area contributed by atoms with E-state index < -0.39 is 70.3 Å². The number of pyridine rings is 2.